The summed E-state index contributed by atoms with van der Waals surface area (Å²) in [6.45, 7) is 2.19. The molecule has 28 heavy (non-hydrogen) atoms. The molecule has 1 atom stereocenters. The van der Waals surface area contributed by atoms with E-state index in [9.17, 15) is 9.18 Å². The van der Waals surface area contributed by atoms with Crippen LogP contribution in [-0.2, 0) is 6.42 Å². The lowest BCUT2D eigenvalue weighted by molar-refractivity contribution is 0.170. The zero-order chi connectivity index (χ0) is 19.5. The highest BCUT2D eigenvalue weighted by Crippen LogP contribution is 2.38. The fraction of sp³-hybridized carbons (Fsp3) is 0.381. The molecule has 148 valence electrons. The predicted octanol–water partition coefficient (Wildman–Crippen LogP) is 4.45. The first-order valence-electron chi connectivity index (χ1n) is 9.50. The smallest absolute Gasteiger partial charge is 0.317 e. The van der Waals surface area contributed by atoms with E-state index >= 15 is 0 Å². The van der Waals surface area contributed by atoms with E-state index in [1.165, 1.54) is 6.07 Å². The van der Waals surface area contributed by atoms with Gasteiger partial charge in [0.15, 0.2) is 11.5 Å². The number of rotatable bonds is 4. The molecule has 1 fully saturated rings. The monoisotopic (exact) mass is 448 g/mol. The minimum absolute atomic E-state index is 0.0124. The number of nitrogens with zero attached hydrogens (tertiary/aromatic N) is 1. The Morgan fingerprint density at radius 2 is 2.00 bits per heavy atom. The van der Waals surface area contributed by atoms with Crippen molar-refractivity contribution >= 4 is 22.0 Å². The van der Waals surface area contributed by atoms with Crippen molar-refractivity contribution in [3.63, 3.8) is 0 Å². The topological polar surface area (TPSA) is 50.8 Å². The van der Waals surface area contributed by atoms with E-state index in [-0.39, 0.29) is 17.9 Å². The molecule has 0 aromatic heterocycles. The molecule has 2 aliphatic heterocycles. The molecule has 0 radical (unpaired) electrons. The number of amides is 2. The lowest BCUT2D eigenvalue weighted by Gasteiger charge is -2.27. The molecule has 2 aliphatic rings. The number of carbonyl (C=O) groups is 1. The van der Waals surface area contributed by atoms with Crippen molar-refractivity contribution in [2.45, 2.75) is 25.3 Å². The fourth-order valence-electron chi connectivity index (χ4n) is 3.76. The van der Waals surface area contributed by atoms with Crippen LogP contribution < -0.4 is 14.8 Å². The van der Waals surface area contributed by atoms with Crippen LogP contribution in [0.2, 0.25) is 0 Å². The van der Waals surface area contributed by atoms with Gasteiger partial charge in [0, 0.05) is 17.6 Å². The van der Waals surface area contributed by atoms with Gasteiger partial charge in [0.1, 0.15) is 19.0 Å². The molecule has 0 bridgehead atoms. The summed E-state index contributed by atoms with van der Waals surface area (Å²) in [5, 5.41) is 2.93. The SMILES string of the molecule is O=C(NCCc1cc(Br)ccc1F)N1CCCC1c1ccc2c(c1)OCCO2. The summed E-state index contributed by atoms with van der Waals surface area (Å²) in [4.78, 5) is 14.6. The Bertz CT molecular complexity index is 877. The predicted molar refractivity (Wildman–Crippen MR) is 107 cm³/mol. The van der Waals surface area contributed by atoms with Gasteiger partial charge in [-0.05, 0) is 60.7 Å². The van der Waals surface area contributed by atoms with Crippen molar-refractivity contribution in [1.82, 2.24) is 10.2 Å². The second kappa shape index (κ2) is 8.39. The minimum atomic E-state index is -0.257. The summed E-state index contributed by atoms with van der Waals surface area (Å²) >= 11 is 3.35. The molecule has 2 aromatic carbocycles. The molecule has 0 spiro atoms. The Morgan fingerprint density at radius 1 is 1.18 bits per heavy atom. The van der Waals surface area contributed by atoms with E-state index in [1.54, 1.807) is 12.1 Å². The number of ether oxygens (including phenoxy) is 2. The molecule has 2 aromatic rings. The van der Waals surface area contributed by atoms with E-state index in [1.807, 2.05) is 23.1 Å². The third kappa shape index (κ3) is 4.09. The first-order chi connectivity index (χ1) is 13.6. The van der Waals surface area contributed by atoms with Crippen molar-refractivity contribution in [2.75, 3.05) is 26.3 Å². The van der Waals surface area contributed by atoms with Gasteiger partial charge in [-0.2, -0.15) is 0 Å². The van der Waals surface area contributed by atoms with Crippen LogP contribution in [-0.4, -0.2) is 37.2 Å². The Balaban J connectivity index is 1.39. The molecular weight excluding hydrogens is 427 g/mol. The van der Waals surface area contributed by atoms with Crippen LogP contribution in [0, 0.1) is 5.82 Å². The molecule has 7 heteroatoms. The molecule has 1 saturated heterocycles. The highest BCUT2D eigenvalue weighted by molar-refractivity contribution is 9.10. The van der Waals surface area contributed by atoms with Crippen LogP contribution in [0.25, 0.3) is 0 Å². The summed E-state index contributed by atoms with van der Waals surface area (Å²) in [6, 6.07) is 10.6. The Kier molecular flexibility index (Phi) is 5.71. The summed E-state index contributed by atoms with van der Waals surface area (Å²) < 4.78 is 25.9. The standard InChI is InChI=1S/C21H22BrFN2O3/c22-16-4-5-17(23)14(12-16)7-8-24-21(26)25-9-1-2-18(25)15-3-6-19-20(13-15)28-11-10-27-19/h3-6,12-13,18H,1-2,7-11H2,(H,24,26). The minimum Gasteiger partial charge on any atom is -0.486 e. The van der Waals surface area contributed by atoms with Gasteiger partial charge in [-0.3, -0.25) is 0 Å². The van der Waals surface area contributed by atoms with Crippen molar-refractivity contribution in [3.8, 4) is 11.5 Å². The molecule has 2 amide bonds. The first kappa shape index (κ1) is 19.1. The van der Waals surface area contributed by atoms with Crippen molar-refractivity contribution < 1.29 is 18.7 Å². The average Bonchev–Trinajstić information content (AvgIpc) is 3.20. The number of fused-ring (bicyclic) bond motifs is 1. The highest BCUT2D eigenvalue weighted by Gasteiger charge is 2.30. The third-order valence-electron chi connectivity index (χ3n) is 5.14. The molecule has 0 saturated carbocycles. The summed E-state index contributed by atoms with van der Waals surface area (Å²) in [5.41, 5.74) is 1.63. The maximum Gasteiger partial charge on any atom is 0.317 e. The van der Waals surface area contributed by atoms with Crippen LogP contribution in [0.4, 0.5) is 9.18 Å². The Labute approximate surface area is 171 Å². The van der Waals surface area contributed by atoms with Gasteiger partial charge in [0.05, 0.1) is 6.04 Å². The number of hydrogen-bond acceptors (Lipinski definition) is 3. The summed E-state index contributed by atoms with van der Waals surface area (Å²) in [5.74, 6) is 1.23. The molecule has 4 rings (SSSR count). The number of halogens is 2. The fourth-order valence-corrected chi connectivity index (χ4v) is 4.17. The molecule has 1 N–H and O–H groups in total. The van der Waals surface area contributed by atoms with Crippen molar-refractivity contribution in [3.05, 3.63) is 57.8 Å². The Morgan fingerprint density at radius 3 is 2.86 bits per heavy atom. The van der Waals surface area contributed by atoms with Gasteiger partial charge >= 0.3 is 6.03 Å². The first-order valence-corrected chi connectivity index (χ1v) is 10.3. The van der Waals surface area contributed by atoms with Gasteiger partial charge < -0.3 is 19.7 Å². The maximum absolute atomic E-state index is 13.9. The van der Waals surface area contributed by atoms with Gasteiger partial charge in [0.25, 0.3) is 0 Å². The average molecular weight is 449 g/mol. The summed E-state index contributed by atoms with van der Waals surface area (Å²) in [6.07, 6.45) is 2.31. The number of carbonyl (C=O) groups excluding carboxylic acids is 1. The number of urea groups is 1. The van der Waals surface area contributed by atoms with Gasteiger partial charge in [-0.25, -0.2) is 9.18 Å². The van der Waals surface area contributed by atoms with Crippen LogP contribution in [0.5, 0.6) is 11.5 Å². The van der Waals surface area contributed by atoms with Crippen LogP contribution in [0.15, 0.2) is 40.9 Å². The number of hydrogen-bond donors (Lipinski definition) is 1. The second-order valence-corrected chi connectivity index (χ2v) is 7.89. The molecule has 5 nitrogen and oxygen atoms in total. The quantitative estimate of drug-likeness (QED) is 0.751. The number of likely N-dealkylation sites (tertiary alicyclic amines) is 1. The van der Waals surface area contributed by atoms with Crippen LogP contribution >= 0.6 is 15.9 Å². The van der Waals surface area contributed by atoms with E-state index in [0.29, 0.717) is 38.3 Å². The van der Waals surface area contributed by atoms with Crippen molar-refractivity contribution in [1.29, 1.82) is 0 Å². The largest absolute Gasteiger partial charge is 0.486 e. The number of benzene rings is 2. The van der Waals surface area contributed by atoms with Crippen molar-refractivity contribution in [2.24, 2.45) is 0 Å². The van der Waals surface area contributed by atoms with E-state index in [2.05, 4.69) is 21.2 Å². The molecule has 1 unspecified atom stereocenters. The zero-order valence-electron chi connectivity index (χ0n) is 15.4. The van der Waals surface area contributed by atoms with Gasteiger partial charge in [-0.1, -0.05) is 22.0 Å². The lowest BCUT2D eigenvalue weighted by Crippen LogP contribution is -2.40. The van der Waals surface area contributed by atoms with Gasteiger partial charge in [-0.15, -0.1) is 0 Å². The van der Waals surface area contributed by atoms with E-state index in [0.717, 1.165) is 34.4 Å². The van der Waals surface area contributed by atoms with Crippen LogP contribution in [0.1, 0.15) is 30.0 Å². The Hall–Kier alpha value is -2.28. The van der Waals surface area contributed by atoms with E-state index in [4.69, 9.17) is 9.47 Å². The highest BCUT2D eigenvalue weighted by atomic mass is 79.9. The normalized spacial score (nSPS) is 18.2. The molecular formula is C21H22BrFN2O3. The molecule has 0 aliphatic carbocycles. The van der Waals surface area contributed by atoms with Gasteiger partial charge in [0.2, 0.25) is 0 Å². The third-order valence-corrected chi connectivity index (χ3v) is 5.64. The van der Waals surface area contributed by atoms with E-state index < -0.39 is 0 Å². The number of nitrogens with one attached hydrogen (secondary N) is 1. The lowest BCUT2D eigenvalue weighted by atomic mass is 10.0. The van der Waals surface area contributed by atoms with Crippen LogP contribution in [0.3, 0.4) is 0 Å². The molecule has 2 heterocycles. The summed E-state index contributed by atoms with van der Waals surface area (Å²) in [7, 11) is 0. The second-order valence-electron chi connectivity index (χ2n) is 6.97. The zero-order valence-corrected chi connectivity index (χ0v) is 17.0. The maximum atomic E-state index is 13.9.